The molecule has 0 aromatic rings. The number of rotatable bonds is 5. The number of amides is 1. The zero-order chi connectivity index (χ0) is 14.2. The molecule has 20 heavy (non-hydrogen) atoms. The lowest BCUT2D eigenvalue weighted by atomic mass is 9.82. The largest absolute Gasteiger partial charge is 0.481 e. The Morgan fingerprint density at radius 1 is 1.20 bits per heavy atom. The molecule has 0 radical (unpaired) electrons. The van der Waals surface area contributed by atoms with Gasteiger partial charge in [0.25, 0.3) is 0 Å². The van der Waals surface area contributed by atoms with Gasteiger partial charge in [-0.1, -0.05) is 12.8 Å². The average molecular weight is 280 g/mol. The predicted molar refractivity (Wildman–Crippen MR) is 74.3 cm³/mol. The summed E-state index contributed by atoms with van der Waals surface area (Å²) in [6.07, 6.45) is 6.90. The van der Waals surface area contributed by atoms with Crippen LogP contribution in [0.4, 0.5) is 0 Å². The number of hydrogen-bond donors (Lipinski definition) is 2. The van der Waals surface area contributed by atoms with Crippen molar-refractivity contribution < 1.29 is 14.7 Å². The Labute approximate surface area is 119 Å². The molecule has 5 heteroatoms. The molecule has 112 valence electrons. The summed E-state index contributed by atoms with van der Waals surface area (Å²) in [5.41, 5.74) is -0.793. The number of hydrogen-bond acceptors (Lipinski definition) is 3. The van der Waals surface area contributed by atoms with Crippen molar-refractivity contribution in [1.29, 1.82) is 0 Å². The van der Waals surface area contributed by atoms with Gasteiger partial charge in [0.2, 0.25) is 5.91 Å². The number of carbonyl (C=O) groups excluding carboxylic acids is 1. The zero-order valence-corrected chi connectivity index (χ0v) is 11.9. The molecule has 0 spiro atoms. The second kappa shape index (κ2) is 5.35. The van der Waals surface area contributed by atoms with Crippen molar-refractivity contribution in [3.63, 3.8) is 0 Å². The molecule has 2 saturated carbocycles. The van der Waals surface area contributed by atoms with Crippen molar-refractivity contribution in [2.75, 3.05) is 13.1 Å². The third kappa shape index (κ3) is 2.82. The SMILES string of the molecule is O=C(CC1(C(=O)O)CCCC1)NC1CCN(C2CC2)C1. The number of carboxylic acid groups (broad SMARTS) is 1. The Morgan fingerprint density at radius 3 is 2.50 bits per heavy atom. The van der Waals surface area contributed by atoms with E-state index in [1.165, 1.54) is 12.8 Å². The Balaban J connectivity index is 1.50. The molecule has 0 aromatic carbocycles. The van der Waals surface area contributed by atoms with Gasteiger partial charge in [0.05, 0.1) is 5.41 Å². The number of aliphatic carboxylic acids is 1. The molecule has 1 unspecified atom stereocenters. The van der Waals surface area contributed by atoms with Crippen molar-refractivity contribution in [2.24, 2.45) is 5.41 Å². The van der Waals surface area contributed by atoms with E-state index in [9.17, 15) is 14.7 Å². The molecular weight excluding hydrogens is 256 g/mol. The van der Waals surface area contributed by atoms with Crippen LogP contribution in [0.1, 0.15) is 51.4 Å². The van der Waals surface area contributed by atoms with Gasteiger partial charge in [-0.2, -0.15) is 0 Å². The van der Waals surface area contributed by atoms with E-state index in [4.69, 9.17) is 0 Å². The summed E-state index contributed by atoms with van der Waals surface area (Å²) in [6, 6.07) is 0.965. The second-order valence-corrected chi connectivity index (χ2v) is 6.75. The second-order valence-electron chi connectivity index (χ2n) is 6.75. The maximum atomic E-state index is 12.2. The minimum atomic E-state index is -0.795. The lowest BCUT2D eigenvalue weighted by Crippen LogP contribution is -2.41. The average Bonchev–Trinajstić information content (AvgIpc) is 2.96. The van der Waals surface area contributed by atoms with Crippen LogP contribution in [0.25, 0.3) is 0 Å². The van der Waals surface area contributed by atoms with Crippen molar-refractivity contribution in [3.8, 4) is 0 Å². The first kappa shape index (κ1) is 13.9. The van der Waals surface area contributed by atoms with Crippen LogP contribution in [0.2, 0.25) is 0 Å². The van der Waals surface area contributed by atoms with Gasteiger partial charge >= 0.3 is 5.97 Å². The molecular formula is C15H24N2O3. The molecule has 1 amide bonds. The summed E-state index contributed by atoms with van der Waals surface area (Å²) in [5, 5.41) is 12.5. The van der Waals surface area contributed by atoms with E-state index in [1.54, 1.807) is 0 Å². The van der Waals surface area contributed by atoms with Crippen LogP contribution in [0, 0.1) is 5.41 Å². The Hall–Kier alpha value is -1.10. The molecule has 3 aliphatic rings. The van der Waals surface area contributed by atoms with Crippen molar-refractivity contribution >= 4 is 11.9 Å². The minimum absolute atomic E-state index is 0.0723. The fourth-order valence-electron chi connectivity index (χ4n) is 3.78. The van der Waals surface area contributed by atoms with Crippen molar-refractivity contribution in [1.82, 2.24) is 10.2 Å². The number of nitrogens with zero attached hydrogens (tertiary/aromatic N) is 1. The van der Waals surface area contributed by atoms with Crippen LogP contribution in [-0.4, -0.2) is 47.1 Å². The summed E-state index contributed by atoms with van der Waals surface area (Å²) >= 11 is 0. The van der Waals surface area contributed by atoms with Crippen LogP contribution in [0.5, 0.6) is 0 Å². The van der Waals surface area contributed by atoms with Crippen molar-refractivity contribution in [2.45, 2.75) is 63.5 Å². The molecule has 1 atom stereocenters. The van der Waals surface area contributed by atoms with Gasteiger partial charge in [0.1, 0.15) is 0 Å². The van der Waals surface area contributed by atoms with Gasteiger partial charge in [-0.05, 0) is 32.1 Å². The van der Waals surface area contributed by atoms with Crippen LogP contribution in [0.3, 0.4) is 0 Å². The standard InChI is InChI=1S/C15H24N2O3/c18-13(9-15(14(19)20)6-1-2-7-15)16-11-5-8-17(10-11)12-3-4-12/h11-12H,1-10H2,(H,16,18)(H,19,20). The molecule has 3 rings (SSSR count). The first-order valence-corrected chi connectivity index (χ1v) is 7.86. The fourth-order valence-corrected chi connectivity index (χ4v) is 3.78. The van der Waals surface area contributed by atoms with E-state index in [1.807, 2.05) is 0 Å². The normalized spacial score (nSPS) is 29.5. The van der Waals surface area contributed by atoms with E-state index in [0.717, 1.165) is 38.4 Å². The van der Waals surface area contributed by atoms with Gasteiger partial charge in [-0.3, -0.25) is 14.5 Å². The lowest BCUT2D eigenvalue weighted by molar-refractivity contribution is -0.151. The molecule has 2 N–H and O–H groups in total. The monoisotopic (exact) mass is 280 g/mol. The van der Waals surface area contributed by atoms with Crippen LogP contribution in [-0.2, 0) is 9.59 Å². The van der Waals surface area contributed by atoms with Crippen LogP contribution >= 0.6 is 0 Å². The highest BCUT2D eigenvalue weighted by Crippen LogP contribution is 2.41. The summed E-state index contributed by atoms with van der Waals surface area (Å²) < 4.78 is 0. The Morgan fingerprint density at radius 2 is 1.90 bits per heavy atom. The van der Waals surface area contributed by atoms with Gasteiger partial charge in [0.15, 0.2) is 0 Å². The minimum Gasteiger partial charge on any atom is -0.481 e. The zero-order valence-electron chi connectivity index (χ0n) is 11.9. The molecule has 1 saturated heterocycles. The fraction of sp³-hybridized carbons (Fsp3) is 0.867. The number of likely N-dealkylation sites (tertiary alicyclic amines) is 1. The maximum absolute atomic E-state index is 12.2. The van der Waals surface area contributed by atoms with Gasteiger partial charge in [-0.15, -0.1) is 0 Å². The summed E-state index contributed by atoms with van der Waals surface area (Å²) in [7, 11) is 0. The number of carboxylic acids is 1. The summed E-state index contributed by atoms with van der Waals surface area (Å²) in [5.74, 6) is -0.867. The van der Waals surface area contributed by atoms with E-state index in [2.05, 4.69) is 10.2 Å². The molecule has 0 bridgehead atoms. The lowest BCUT2D eigenvalue weighted by Gasteiger charge is -2.24. The van der Waals surface area contributed by atoms with E-state index in [0.29, 0.717) is 12.8 Å². The van der Waals surface area contributed by atoms with E-state index < -0.39 is 11.4 Å². The van der Waals surface area contributed by atoms with Crippen LogP contribution in [0.15, 0.2) is 0 Å². The van der Waals surface area contributed by atoms with Crippen LogP contribution < -0.4 is 5.32 Å². The third-order valence-electron chi connectivity index (χ3n) is 5.16. The summed E-state index contributed by atoms with van der Waals surface area (Å²) in [6.45, 7) is 2.01. The molecule has 1 aliphatic heterocycles. The van der Waals surface area contributed by atoms with E-state index >= 15 is 0 Å². The highest BCUT2D eigenvalue weighted by atomic mass is 16.4. The molecule has 0 aromatic heterocycles. The summed E-state index contributed by atoms with van der Waals surface area (Å²) in [4.78, 5) is 26.1. The molecule has 1 heterocycles. The smallest absolute Gasteiger partial charge is 0.310 e. The first-order chi connectivity index (χ1) is 9.59. The highest BCUT2D eigenvalue weighted by Gasteiger charge is 2.43. The van der Waals surface area contributed by atoms with E-state index in [-0.39, 0.29) is 18.4 Å². The molecule has 5 nitrogen and oxygen atoms in total. The Bertz CT molecular complexity index is 400. The highest BCUT2D eigenvalue weighted by molar-refractivity contribution is 5.85. The van der Waals surface area contributed by atoms with Crippen molar-refractivity contribution in [3.05, 3.63) is 0 Å². The van der Waals surface area contributed by atoms with Gasteiger partial charge in [0, 0.05) is 31.6 Å². The number of nitrogens with one attached hydrogen (secondary N) is 1. The quantitative estimate of drug-likeness (QED) is 0.798. The third-order valence-corrected chi connectivity index (χ3v) is 5.16. The topological polar surface area (TPSA) is 69.6 Å². The van der Waals surface area contributed by atoms with Gasteiger partial charge in [-0.25, -0.2) is 0 Å². The molecule has 3 fully saturated rings. The van der Waals surface area contributed by atoms with Gasteiger partial charge < -0.3 is 10.4 Å². The maximum Gasteiger partial charge on any atom is 0.310 e. The molecule has 2 aliphatic carbocycles. The predicted octanol–water partition coefficient (Wildman–Crippen LogP) is 1.37. The number of carbonyl (C=O) groups is 2. The Kier molecular flexibility index (Phi) is 3.71. The first-order valence-electron chi connectivity index (χ1n) is 7.86.